The number of nitrogens with one attached hydrogen (secondary N) is 1. The van der Waals surface area contributed by atoms with Crippen molar-refractivity contribution in [3.8, 4) is 11.5 Å². The second-order valence-electron chi connectivity index (χ2n) is 5.81. The Bertz CT molecular complexity index is 1070. The van der Waals surface area contributed by atoms with Gasteiger partial charge in [0.15, 0.2) is 0 Å². The number of hydrogen-bond donors (Lipinski definition) is 1. The highest BCUT2D eigenvalue weighted by Gasteiger charge is 2.03. The van der Waals surface area contributed by atoms with E-state index in [4.69, 9.17) is 4.74 Å². The molecular formula is C21H17N3O2. The van der Waals surface area contributed by atoms with Crippen LogP contribution < -0.4 is 15.6 Å². The van der Waals surface area contributed by atoms with Gasteiger partial charge in [-0.25, -0.2) is 4.68 Å². The third-order valence-corrected chi connectivity index (χ3v) is 4.03. The molecule has 0 amide bonds. The van der Waals surface area contributed by atoms with Crippen LogP contribution in [0.15, 0.2) is 89.9 Å². The van der Waals surface area contributed by atoms with Crippen molar-refractivity contribution < 1.29 is 4.74 Å². The molecule has 0 bridgehead atoms. The summed E-state index contributed by atoms with van der Waals surface area (Å²) in [6.45, 7) is 0.294. The van der Waals surface area contributed by atoms with Crippen molar-refractivity contribution in [3.05, 3.63) is 95.4 Å². The average Bonchev–Trinajstić information content (AvgIpc) is 2.70. The van der Waals surface area contributed by atoms with Crippen LogP contribution in [0.3, 0.4) is 0 Å². The van der Waals surface area contributed by atoms with Gasteiger partial charge in [-0.15, -0.1) is 0 Å². The molecule has 26 heavy (non-hydrogen) atoms. The van der Waals surface area contributed by atoms with E-state index in [1.807, 2.05) is 78.9 Å². The largest absolute Gasteiger partial charge is 0.457 e. The Balaban J connectivity index is 1.45. The first-order chi connectivity index (χ1) is 12.8. The van der Waals surface area contributed by atoms with E-state index < -0.39 is 0 Å². The Labute approximate surface area is 150 Å². The number of aromatic nitrogens is 2. The summed E-state index contributed by atoms with van der Waals surface area (Å²) < 4.78 is 7.18. The standard InChI is InChI=1S/C21H17N3O2/c25-21-20-9-5-4-6-16(20)14-23-24(21)15-22-17-10-12-19(13-11-17)26-18-7-2-1-3-8-18/h1-14,22H,15H2. The maximum absolute atomic E-state index is 12.4. The summed E-state index contributed by atoms with van der Waals surface area (Å²) in [5.41, 5.74) is 0.770. The van der Waals surface area contributed by atoms with Crippen molar-refractivity contribution in [1.29, 1.82) is 0 Å². The lowest BCUT2D eigenvalue weighted by Crippen LogP contribution is -2.26. The number of hydrogen-bond acceptors (Lipinski definition) is 4. The molecule has 0 saturated heterocycles. The minimum Gasteiger partial charge on any atom is -0.457 e. The van der Waals surface area contributed by atoms with Crippen LogP contribution in [0, 0.1) is 0 Å². The highest BCUT2D eigenvalue weighted by atomic mass is 16.5. The SMILES string of the molecule is O=c1c2ccccc2cnn1CNc1ccc(Oc2ccccc2)cc1. The Kier molecular flexibility index (Phi) is 4.35. The smallest absolute Gasteiger partial charge is 0.276 e. The molecule has 0 aliphatic rings. The fraction of sp³-hybridized carbons (Fsp3) is 0.0476. The van der Waals surface area contributed by atoms with E-state index in [9.17, 15) is 4.79 Å². The van der Waals surface area contributed by atoms with E-state index >= 15 is 0 Å². The van der Waals surface area contributed by atoms with Gasteiger partial charge in [-0.3, -0.25) is 4.79 Å². The highest BCUT2D eigenvalue weighted by molar-refractivity contribution is 5.80. The van der Waals surface area contributed by atoms with E-state index in [0.717, 1.165) is 22.6 Å². The quantitative estimate of drug-likeness (QED) is 0.588. The van der Waals surface area contributed by atoms with E-state index in [1.165, 1.54) is 4.68 Å². The number of rotatable bonds is 5. The van der Waals surface area contributed by atoms with Crippen LogP contribution in [-0.2, 0) is 6.67 Å². The summed E-state index contributed by atoms with van der Waals surface area (Å²) in [6, 6.07) is 24.6. The molecule has 4 rings (SSSR count). The van der Waals surface area contributed by atoms with Crippen LogP contribution in [0.1, 0.15) is 0 Å². The van der Waals surface area contributed by atoms with Crippen LogP contribution in [-0.4, -0.2) is 9.78 Å². The number of fused-ring (bicyclic) bond motifs is 1. The Morgan fingerprint density at radius 3 is 2.35 bits per heavy atom. The fourth-order valence-corrected chi connectivity index (χ4v) is 2.67. The minimum absolute atomic E-state index is 0.111. The van der Waals surface area contributed by atoms with Crippen LogP contribution in [0.5, 0.6) is 11.5 Å². The maximum atomic E-state index is 12.4. The van der Waals surface area contributed by atoms with Gasteiger partial charge in [0.1, 0.15) is 18.2 Å². The monoisotopic (exact) mass is 343 g/mol. The van der Waals surface area contributed by atoms with Crippen LogP contribution >= 0.6 is 0 Å². The predicted molar refractivity (Wildman–Crippen MR) is 103 cm³/mol. The molecule has 3 aromatic carbocycles. The van der Waals surface area contributed by atoms with Gasteiger partial charge in [-0.1, -0.05) is 36.4 Å². The lowest BCUT2D eigenvalue weighted by Gasteiger charge is -2.10. The fourth-order valence-electron chi connectivity index (χ4n) is 2.67. The van der Waals surface area contributed by atoms with Crippen LogP contribution in [0.25, 0.3) is 10.8 Å². The number of nitrogens with zero attached hydrogens (tertiary/aromatic N) is 2. The Hall–Kier alpha value is -3.60. The van der Waals surface area contributed by atoms with Gasteiger partial charge in [-0.05, 0) is 42.5 Å². The normalized spacial score (nSPS) is 10.6. The van der Waals surface area contributed by atoms with Crippen molar-refractivity contribution in [2.75, 3.05) is 5.32 Å². The van der Waals surface area contributed by atoms with Gasteiger partial charge in [0, 0.05) is 11.1 Å². The minimum atomic E-state index is -0.111. The van der Waals surface area contributed by atoms with Crippen LogP contribution in [0.4, 0.5) is 5.69 Å². The molecule has 1 N–H and O–H groups in total. The van der Waals surface area contributed by atoms with E-state index in [1.54, 1.807) is 6.20 Å². The molecule has 0 saturated carbocycles. The first-order valence-electron chi connectivity index (χ1n) is 8.31. The van der Waals surface area contributed by atoms with Gasteiger partial charge >= 0.3 is 0 Å². The average molecular weight is 343 g/mol. The Morgan fingerprint density at radius 1 is 0.846 bits per heavy atom. The third kappa shape index (κ3) is 3.42. The molecule has 0 aliphatic heterocycles. The van der Waals surface area contributed by atoms with Crippen molar-refractivity contribution in [2.45, 2.75) is 6.67 Å². The summed E-state index contributed by atoms with van der Waals surface area (Å²) in [5.74, 6) is 1.54. The molecule has 0 fully saturated rings. The summed E-state index contributed by atoms with van der Waals surface area (Å²) in [6.07, 6.45) is 1.70. The molecule has 5 heteroatoms. The van der Waals surface area contributed by atoms with Gasteiger partial charge in [0.05, 0.1) is 11.6 Å². The van der Waals surface area contributed by atoms with Crippen molar-refractivity contribution in [3.63, 3.8) is 0 Å². The number of para-hydroxylation sites is 1. The maximum Gasteiger partial charge on any atom is 0.276 e. The number of benzene rings is 3. The molecular weight excluding hydrogens is 326 g/mol. The summed E-state index contributed by atoms with van der Waals surface area (Å²) >= 11 is 0. The second-order valence-corrected chi connectivity index (χ2v) is 5.81. The topological polar surface area (TPSA) is 56.2 Å². The van der Waals surface area contributed by atoms with Gasteiger partial charge < -0.3 is 10.1 Å². The highest BCUT2D eigenvalue weighted by Crippen LogP contribution is 2.22. The van der Waals surface area contributed by atoms with Crippen molar-refractivity contribution in [1.82, 2.24) is 9.78 Å². The van der Waals surface area contributed by atoms with Crippen molar-refractivity contribution >= 4 is 16.5 Å². The first-order valence-corrected chi connectivity index (χ1v) is 8.31. The molecule has 0 atom stereocenters. The molecule has 0 spiro atoms. The molecule has 4 aromatic rings. The molecule has 5 nitrogen and oxygen atoms in total. The zero-order valence-corrected chi connectivity index (χ0v) is 14.0. The summed E-state index contributed by atoms with van der Waals surface area (Å²) in [5, 5.41) is 8.92. The first kappa shape index (κ1) is 15.9. The van der Waals surface area contributed by atoms with Crippen LogP contribution in [0.2, 0.25) is 0 Å². The second kappa shape index (κ2) is 7.11. The van der Waals surface area contributed by atoms with Gasteiger partial charge in [0.25, 0.3) is 5.56 Å². The predicted octanol–water partition coefficient (Wildman–Crippen LogP) is 4.26. The van der Waals surface area contributed by atoms with Gasteiger partial charge in [-0.2, -0.15) is 5.10 Å². The molecule has 0 radical (unpaired) electrons. The molecule has 0 aliphatic carbocycles. The van der Waals surface area contributed by atoms with Crippen molar-refractivity contribution in [2.24, 2.45) is 0 Å². The summed E-state index contributed by atoms with van der Waals surface area (Å²) in [7, 11) is 0. The summed E-state index contributed by atoms with van der Waals surface area (Å²) in [4.78, 5) is 12.4. The van der Waals surface area contributed by atoms with E-state index in [0.29, 0.717) is 12.1 Å². The van der Waals surface area contributed by atoms with E-state index in [2.05, 4.69) is 10.4 Å². The molecule has 1 heterocycles. The lowest BCUT2D eigenvalue weighted by atomic mass is 10.2. The third-order valence-electron chi connectivity index (χ3n) is 4.03. The zero-order valence-electron chi connectivity index (χ0n) is 14.0. The molecule has 128 valence electrons. The Morgan fingerprint density at radius 2 is 1.54 bits per heavy atom. The zero-order chi connectivity index (χ0) is 17.8. The van der Waals surface area contributed by atoms with E-state index in [-0.39, 0.29) is 5.56 Å². The number of ether oxygens (including phenoxy) is 1. The molecule has 0 unspecified atom stereocenters. The molecule has 1 aromatic heterocycles. The lowest BCUT2D eigenvalue weighted by molar-refractivity contribution is 0.483. The van der Waals surface area contributed by atoms with Gasteiger partial charge in [0.2, 0.25) is 0 Å². The number of anilines is 1.